The van der Waals surface area contributed by atoms with E-state index in [0.29, 0.717) is 43.5 Å². The molecule has 2 heterocycles. The highest BCUT2D eigenvalue weighted by Gasteiger charge is 2.29. The van der Waals surface area contributed by atoms with E-state index >= 15 is 0 Å². The van der Waals surface area contributed by atoms with Crippen LogP contribution in [0.25, 0.3) is 11.4 Å². The second-order valence-electron chi connectivity index (χ2n) is 8.80. The molecule has 2 aromatic carbocycles. The van der Waals surface area contributed by atoms with Gasteiger partial charge >= 0.3 is 0 Å². The number of nitrogens with zero attached hydrogens (tertiary/aromatic N) is 4. The van der Waals surface area contributed by atoms with Crippen molar-refractivity contribution in [2.24, 2.45) is 0 Å². The van der Waals surface area contributed by atoms with Crippen molar-refractivity contribution in [1.82, 2.24) is 24.7 Å². The van der Waals surface area contributed by atoms with Gasteiger partial charge in [-0.25, -0.2) is 13.1 Å². The molecule has 4 rings (SSSR count). The van der Waals surface area contributed by atoms with Crippen molar-refractivity contribution in [2.75, 3.05) is 32.7 Å². The molecule has 186 valence electrons. The number of hydrogen-bond donors (Lipinski definition) is 1. The first-order chi connectivity index (χ1) is 16.7. The molecule has 1 fully saturated rings. The van der Waals surface area contributed by atoms with Gasteiger partial charge in [0.25, 0.3) is 5.91 Å². The van der Waals surface area contributed by atoms with Crippen LogP contribution in [0, 0.1) is 13.8 Å². The molecule has 1 aromatic heterocycles. The SMILES string of the molecule is CCNS(=O)(=O)c1ccc(C)c(C(=O)N2CCN(C(C)c3nc(-c4ccc(C)cc4)no3)CC2)c1. The Morgan fingerprint density at radius 1 is 1.09 bits per heavy atom. The van der Waals surface area contributed by atoms with Gasteiger partial charge in [0.15, 0.2) is 0 Å². The van der Waals surface area contributed by atoms with E-state index in [0.717, 1.165) is 11.1 Å². The number of sulfonamides is 1. The molecule has 9 nitrogen and oxygen atoms in total. The van der Waals surface area contributed by atoms with Crippen molar-refractivity contribution in [3.63, 3.8) is 0 Å². The molecule has 10 heteroatoms. The summed E-state index contributed by atoms with van der Waals surface area (Å²) in [6.07, 6.45) is 0. The summed E-state index contributed by atoms with van der Waals surface area (Å²) in [4.78, 5) is 21.9. The lowest BCUT2D eigenvalue weighted by atomic mass is 10.1. The quantitative estimate of drug-likeness (QED) is 0.534. The smallest absolute Gasteiger partial charge is 0.254 e. The van der Waals surface area contributed by atoms with Crippen LogP contribution in [-0.4, -0.2) is 67.0 Å². The van der Waals surface area contributed by atoms with E-state index in [1.54, 1.807) is 17.9 Å². The summed E-state index contributed by atoms with van der Waals surface area (Å²) in [5.74, 6) is 0.934. The van der Waals surface area contributed by atoms with Gasteiger partial charge in [-0.2, -0.15) is 4.98 Å². The second kappa shape index (κ2) is 10.3. The summed E-state index contributed by atoms with van der Waals surface area (Å²) in [5.41, 5.74) is 3.22. The zero-order chi connectivity index (χ0) is 25.2. The highest BCUT2D eigenvalue weighted by molar-refractivity contribution is 7.89. The normalized spacial score (nSPS) is 15.8. The zero-order valence-electron chi connectivity index (χ0n) is 20.5. The first-order valence-electron chi connectivity index (χ1n) is 11.7. The minimum atomic E-state index is -3.64. The van der Waals surface area contributed by atoms with Crippen LogP contribution in [0.3, 0.4) is 0 Å². The van der Waals surface area contributed by atoms with Crippen molar-refractivity contribution in [3.8, 4) is 11.4 Å². The van der Waals surface area contributed by atoms with Gasteiger partial charge in [-0.05, 0) is 38.5 Å². The third-order valence-electron chi connectivity index (χ3n) is 6.34. The molecular weight excluding hydrogens is 466 g/mol. The molecule has 3 aromatic rings. The Kier molecular flexibility index (Phi) is 7.34. The van der Waals surface area contributed by atoms with Crippen molar-refractivity contribution in [1.29, 1.82) is 0 Å². The molecule has 1 saturated heterocycles. The number of hydrogen-bond acceptors (Lipinski definition) is 7. The molecule has 1 aliphatic heterocycles. The number of amides is 1. The van der Waals surface area contributed by atoms with Crippen molar-refractivity contribution < 1.29 is 17.7 Å². The molecule has 0 aliphatic carbocycles. The Morgan fingerprint density at radius 3 is 2.43 bits per heavy atom. The van der Waals surface area contributed by atoms with Crippen LogP contribution in [0.2, 0.25) is 0 Å². The van der Waals surface area contributed by atoms with Gasteiger partial charge in [0.2, 0.25) is 21.7 Å². The number of rotatable bonds is 7. The van der Waals surface area contributed by atoms with E-state index < -0.39 is 10.0 Å². The molecule has 1 atom stereocenters. The highest BCUT2D eigenvalue weighted by Crippen LogP contribution is 2.25. The van der Waals surface area contributed by atoms with Crippen molar-refractivity contribution in [3.05, 3.63) is 65.0 Å². The van der Waals surface area contributed by atoms with E-state index in [4.69, 9.17) is 4.52 Å². The Bertz CT molecular complexity index is 1300. The molecular formula is C25H31N5O4S. The molecule has 1 amide bonds. The molecule has 1 N–H and O–H groups in total. The fourth-order valence-corrected chi connectivity index (χ4v) is 5.20. The molecule has 35 heavy (non-hydrogen) atoms. The maximum atomic E-state index is 13.2. The number of aryl methyl sites for hydroxylation is 2. The average molecular weight is 498 g/mol. The first-order valence-corrected chi connectivity index (χ1v) is 13.2. The van der Waals surface area contributed by atoms with E-state index in [1.165, 1.54) is 17.7 Å². The van der Waals surface area contributed by atoms with E-state index in [9.17, 15) is 13.2 Å². The number of carbonyl (C=O) groups is 1. The van der Waals surface area contributed by atoms with Crippen LogP contribution in [0.5, 0.6) is 0 Å². The minimum Gasteiger partial charge on any atom is -0.337 e. The number of carbonyl (C=O) groups excluding carboxylic acids is 1. The van der Waals surface area contributed by atoms with Gasteiger partial charge in [-0.3, -0.25) is 9.69 Å². The van der Waals surface area contributed by atoms with Gasteiger partial charge in [0.1, 0.15) is 0 Å². The largest absolute Gasteiger partial charge is 0.337 e. The molecule has 0 bridgehead atoms. The highest BCUT2D eigenvalue weighted by atomic mass is 32.2. The molecule has 1 aliphatic rings. The summed E-state index contributed by atoms with van der Waals surface area (Å²) in [7, 11) is -3.64. The number of piperazine rings is 1. The topological polar surface area (TPSA) is 109 Å². The lowest BCUT2D eigenvalue weighted by Gasteiger charge is -2.37. The van der Waals surface area contributed by atoms with Gasteiger partial charge in [0.05, 0.1) is 10.9 Å². The van der Waals surface area contributed by atoms with E-state index in [2.05, 4.69) is 19.8 Å². The fourth-order valence-electron chi connectivity index (χ4n) is 4.14. The lowest BCUT2D eigenvalue weighted by molar-refractivity contribution is 0.0551. The summed E-state index contributed by atoms with van der Waals surface area (Å²) in [6.45, 7) is 10.2. The second-order valence-corrected chi connectivity index (χ2v) is 10.6. The van der Waals surface area contributed by atoms with Crippen LogP contribution in [0.1, 0.15) is 47.3 Å². The zero-order valence-corrected chi connectivity index (χ0v) is 21.3. The molecule has 0 radical (unpaired) electrons. The minimum absolute atomic E-state index is 0.0886. The predicted octanol–water partition coefficient (Wildman–Crippen LogP) is 3.17. The molecule has 0 spiro atoms. The Hall–Kier alpha value is -3.08. The van der Waals surface area contributed by atoms with Crippen LogP contribution in [0.15, 0.2) is 51.9 Å². The number of aromatic nitrogens is 2. The number of benzene rings is 2. The monoisotopic (exact) mass is 497 g/mol. The Balaban J connectivity index is 1.42. The van der Waals surface area contributed by atoms with Crippen molar-refractivity contribution >= 4 is 15.9 Å². The Morgan fingerprint density at radius 2 is 1.77 bits per heavy atom. The summed E-state index contributed by atoms with van der Waals surface area (Å²) in [6, 6.07) is 12.6. The van der Waals surface area contributed by atoms with Crippen LogP contribution in [0.4, 0.5) is 0 Å². The molecule has 1 unspecified atom stereocenters. The lowest BCUT2D eigenvalue weighted by Crippen LogP contribution is -2.49. The fraction of sp³-hybridized carbons (Fsp3) is 0.400. The van der Waals surface area contributed by atoms with Gasteiger partial charge in [-0.1, -0.05) is 48.0 Å². The molecule has 0 saturated carbocycles. The third-order valence-corrected chi connectivity index (χ3v) is 7.89. The van der Waals surface area contributed by atoms with E-state index in [1.807, 2.05) is 45.0 Å². The van der Waals surface area contributed by atoms with Crippen LogP contribution in [-0.2, 0) is 10.0 Å². The van der Waals surface area contributed by atoms with Crippen LogP contribution >= 0.6 is 0 Å². The summed E-state index contributed by atoms with van der Waals surface area (Å²) in [5, 5.41) is 4.13. The number of nitrogens with one attached hydrogen (secondary N) is 1. The first kappa shape index (κ1) is 25.0. The maximum absolute atomic E-state index is 13.2. The summed E-state index contributed by atoms with van der Waals surface area (Å²) < 4.78 is 32.8. The van der Waals surface area contributed by atoms with Gasteiger partial charge in [-0.15, -0.1) is 0 Å². The summed E-state index contributed by atoms with van der Waals surface area (Å²) >= 11 is 0. The average Bonchev–Trinajstić information content (AvgIpc) is 3.34. The van der Waals surface area contributed by atoms with E-state index in [-0.39, 0.29) is 23.4 Å². The van der Waals surface area contributed by atoms with Crippen molar-refractivity contribution in [2.45, 2.75) is 38.6 Å². The maximum Gasteiger partial charge on any atom is 0.254 e. The Labute approximate surface area is 206 Å². The van der Waals surface area contributed by atoms with Gasteiger partial charge in [0, 0.05) is 43.9 Å². The third kappa shape index (κ3) is 5.44. The standard InChI is InChI=1S/C25H31N5O4S/c1-5-26-35(32,33)21-11-8-18(3)22(16-21)25(31)30-14-12-29(13-15-30)19(4)24-27-23(28-34-24)20-9-6-17(2)7-10-20/h6-11,16,19,26H,5,12-15H2,1-4H3. The van der Waals surface area contributed by atoms with Crippen LogP contribution < -0.4 is 4.72 Å². The predicted molar refractivity (Wildman–Crippen MR) is 132 cm³/mol. The van der Waals surface area contributed by atoms with Gasteiger partial charge < -0.3 is 9.42 Å².